The molecular formula is C32H40N2O3. The number of rotatable bonds is 12. The molecule has 3 aromatic rings. The Morgan fingerprint density at radius 3 is 2.16 bits per heavy atom. The Bertz CT molecular complexity index is 1140. The molecule has 0 saturated heterocycles. The first kappa shape index (κ1) is 28.0. The van der Waals surface area contributed by atoms with Crippen LogP contribution < -0.4 is 10.1 Å². The number of carbonyl (C=O) groups excluding carboxylic acids is 2. The van der Waals surface area contributed by atoms with Gasteiger partial charge in [0.15, 0.2) is 6.61 Å². The lowest BCUT2D eigenvalue weighted by atomic mass is 10.0. The molecule has 0 heterocycles. The van der Waals surface area contributed by atoms with Crippen LogP contribution in [-0.4, -0.2) is 35.4 Å². The van der Waals surface area contributed by atoms with Crippen LogP contribution in [0.3, 0.4) is 0 Å². The molecule has 2 unspecified atom stereocenters. The zero-order valence-electron chi connectivity index (χ0n) is 22.7. The Labute approximate surface area is 221 Å². The highest BCUT2D eigenvalue weighted by Crippen LogP contribution is 2.26. The molecule has 3 aromatic carbocycles. The highest BCUT2D eigenvalue weighted by molar-refractivity contribution is 5.88. The number of ether oxygens (including phenoxy) is 1. The predicted molar refractivity (Wildman–Crippen MR) is 150 cm³/mol. The molecule has 0 aliphatic rings. The van der Waals surface area contributed by atoms with Gasteiger partial charge < -0.3 is 15.0 Å². The summed E-state index contributed by atoms with van der Waals surface area (Å²) in [4.78, 5) is 29.0. The molecule has 0 aliphatic carbocycles. The molecule has 0 bridgehead atoms. The Kier molecular flexibility index (Phi) is 10.3. The van der Waals surface area contributed by atoms with Crippen LogP contribution in [0.4, 0.5) is 0 Å². The molecule has 0 radical (unpaired) electrons. The highest BCUT2D eigenvalue weighted by Gasteiger charge is 2.31. The Morgan fingerprint density at radius 2 is 1.51 bits per heavy atom. The summed E-state index contributed by atoms with van der Waals surface area (Å²) in [7, 11) is 0. The first-order valence-corrected chi connectivity index (χ1v) is 13.2. The van der Waals surface area contributed by atoms with E-state index in [0.717, 1.165) is 28.7 Å². The number of aryl methyl sites for hydroxylation is 1. The Balaban J connectivity index is 1.93. The molecule has 0 saturated carbocycles. The first-order chi connectivity index (χ1) is 17.8. The molecule has 2 amide bonds. The van der Waals surface area contributed by atoms with E-state index in [1.807, 2.05) is 99.6 Å². The second-order valence-electron chi connectivity index (χ2n) is 10.0. The Hall–Kier alpha value is -3.60. The van der Waals surface area contributed by atoms with E-state index in [1.165, 1.54) is 0 Å². The van der Waals surface area contributed by atoms with Crippen molar-refractivity contribution in [2.75, 3.05) is 6.61 Å². The second kappa shape index (κ2) is 13.6. The number of nitrogens with one attached hydrogen (secondary N) is 1. The van der Waals surface area contributed by atoms with Crippen LogP contribution in [0, 0.1) is 6.92 Å². The van der Waals surface area contributed by atoms with Crippen LogP contribution in [0.1, 0.15) is 62.3 Å². The molecule has 196 valence electrons. The summed E-state index contributed by atoms with van der Waals surface area (Å²) in [5.41, 5.74) is 4.16. The summed E-state index contributed by atoms with van der Waals surface area (Å²) in [6.07, 6.45) is 1.23. The van der Waals surface area contributed by atoms with Gasteiger partial charge in [-0.3, -0.25) is 9.59 Å². The van der Waals surface area contributed by atoms with Crippen molar-refractivity contribution in [3.8, 4) is 5.75 Å². The number of para-hydroxylation sites is 1. The molecule has 0 fully saturated rings. The van der Waals surface area contributed by atoms with E-state index >= 15 is 0 Å². The summed E-state index contributed by atoms with van der Waals surface area (Å²) in [6.45, 7) is 10.4. The van der Waals surface area contributed by atoms with Crippen molar-refractivity contribution in [2.45, 2.75) is 72.0 Å². The van der Waals surface area contributed by atoms with E-state index in [4.69, 9.17) is 4.74 Å². The monoisotopic (exact) mass is 500 g/mol. The number of carbonyl (C=O) groups is 2. The maximum absolute atomic E-state index is 13.8. The van der Waals surface area contributed by atoms with E-state index in [9.17, 15) is 9.59 Å². The summed E-state index contributed by atoms with van der Waals surface area (Å²) >= 11 is 0. The van der Waals surface area contributed by atoms with E-state index < -0.39 is 6.04 Å². The van der Waals surface area contributed by atoms with Crippen LogP contribution >= 0.6 is 0 Å². The first-order valence-electron chi connectivity index (χ1n) is 13.2. The van der Waals surface area contributed by atoms with Crippen LogP contribution in [0.15, 0.2) is 78.9 Å². The van der Waals surface area contributed by atoms with E-state index in [-0.39, 0.29) is 30.4 Å². The number of hydrogen-bond acceptors (Lipinski definition) is 3. The fourth-order valence-electron chi connectivity index (χ4n) is 4.20. The third-order valence-corrected chi connectivity index (χ3v) is 6.64. The number of amides is 2. The van der Waals surface area contributed by atoms with Gasteiger partial charge in [0.1, 0.15) is 11.8 Å². The third kappa shape index (κ3) is 8.21. The average Bonchev–Trinajstić information content (AvgIpc) is 2.90. The molecule has 5 heteroatoms. The molecule has 0 spiro atoms. The lowest BCUT2D eigenvalue weighted by Gasteiger charge is -2.32. The van der Waals surface area contributed by atoms with E-state index in [0.29, 0.717) is 18.7 Å². The third-order valence-electron chi connectivity index (χ3n) is 6.64. The average molecular weight is 501 g/mol. The summed E-state index contributed by atoms with van der Waals surface area (Å²) < 4.78 is 6.06. The van der Waals surface area contributed by atoms with Gasteiger partial charge >= 0.3 is 0 Å². The van der Waals surface area contributed by atoms with Gasteiger partial charge in [-0.25, -0.2) is 0 Å². The molecule has 3 rings (SSSR count). The summed E-state index contributed by atoms with van der Waals surface area (Å²) in [5, 5.41) is 3.10. The molecule has 0 aromatic heterocycles. The van der Waals surface area contributed by atoms with Gasteiger partial charge in [0, 0.05) is 19.0 Å². The van der Waals surface area contributed by atoms with E-state index in [2.05, 4.69) is 19.2 Å². The molecule has 0 aliphatic heterocycles. The van der Waals surface area contributed by atoms with Crippen molar-refractivity contribution in [3.05, 3.63) is 101 Å². The van der Waals surface area contributed by atoms with Crippen molar-refractivity contribution in [3.63, 3.8) is 0 Å². The lowest BCUT2D eigenvalue weighted by molar-refractivity contribution is -0.143. The maximum Gasteiger partial charge on any atom is 0.261 e. The van der Waals surface area contributed by atoms with Crippen LogP contribution in [0.25, 0.3) is 0 Å². The number of hydrogen-bond donors (Lipinski definition) is 1. The lowest BCUT2D eigenvalue weighted by Crippen LogP contribution is -2.53. The van der Waals surface area contributed by atoms with Gasteiger partial charge in [0.05, 0.1) is 0 Å². The van der Waals surface area contributed by atoms with Gasteiger partial charge in [-0.1, -0.05) is 99.1 Å². The Morgan fingerprint density at radius 1 is 0.865 bits per heavy atom. The minimum Gasteiger partial charge on any atom is -0.483 e. The minimum absolute atomic E-state index is 0.0104. The molecule has 1 N–H and O–H groups in total. The zero-order valence-corrected chi connectivity index (χ0v) is 22.7. The SMILES string of the molecule is CCC(C)NC(=O)C(Cc1ccccc1)N(Cc1ccc(C)cc1)C(=O)COc1ccccc1C(C)C. The quantitative estimate of drug-likeness (QED) is 0.329. The van der Waals surface area contributed by atoms with Crippen LogP contribution in [0.2, 0.25) is 0 Å². The van der Waals surface area contributed by atoms with Gasteiger partial charge in [0.25, 0.3) is 5.91 Å². The minimum atomic E-state index is -0.672. The van der Waals surface area contributed by atoms with Gasteiger partial charge in [0.2, 0.25) is 5.91 Å². The molecular weight excluding hydrogens is 460 g/mol. The number of benzene rings is 3. The largest absolute Gasteiger partial charge is 0.483 e. The van der Waals surface area contributed by atoms with Gasteiger partial charge in [-0.05, 0) is 48.9 Å². The van der Waals surface area contributed by atoms with Crippen molar-refractivity contribution in [2.24, 2.45) is 0 Å². The molecule has 5 nitrogen and oxygen atoms in total. The molecule has 37 heavy (non-hydrogen) atoms. The van der Waals surface area contributed by atoms with Crippen molar-refractivity contribution in [1.29, 1.82) is 0 Å². The number of nitrogens with zero attached hydrogens (tertiary/aromatic N) is 1. The smallest absolute Gasteiger partial charge is 0.261 e. The van der Waals surface area contributed by atoms with Crippen molar-refractivity contribution >= 4 is 11.8 Å². The van der Waals surface area contributed by atoms with Crippen molar-refractivity contribution < 1.29 is 14.3 Å². The predicted octanol–water partition coefficient (Wildman–Crippen LogP) is 6.05. The topological polar surface area (TPSA) is 58.6 Å². The summed E-state index contributed by atoms with van der Waals surface area (Å²) in [6, 6.07) is 25.1. The van der Waals surface area contributed by atoms with Crippen LogP contribution in [0.5, 0.6) is 5.75 Å². The maximum atomic E-state index is 13.8. The van der Waals surface area contributed by atoms with Crippen molar-refractivity contribution in [1.82, 2.24) is 10.2 Å². The van der Waals surface area contributed by atoms with E-state index in [1.54, 1.807) is 4.90 Å². The normalized spacial score (nSPS) is 12.6. The molecule has 2 atom stereocenters. The summed E-state index contributed by atoms with van der Waals surface area (Å²) in [5.74, 6) is 0.590. The van der Waals surface area contributed by atoms with Gasteiger partial charge in [-0.2, -0.15) is 0 Å². The zero-order chi connectivity index (χ0) is 26.8. The second-order valence-corrected chi connectivity index (χ2v) is 10.0. The fourth-order valence-corrected chi connectivity index (χ4v) is 4.20. The highest BCUT2D eigenvalue weighted by atomic mass is 16.5. The fraction of sp³-hybridized carbons (Fsp3) is 0.375. The van der Waals surface area contributed by atoms with Crippen LogP contribution in [-0.2, 0) is 22.6 Å². The standard InChI is InChI=1S/C32H40N2O3/c1-6-25(5)33-32(36)29(20-26-12-8-7-9-13-26)34(21-27-18-16-24(4)17-19-27)31(35)22-37-30-15-11-10-14-28(30)23(2)3/h7-19,23,25,29H,6,20-22H2,1-5H3,(H,33,36). The van der Waals surface area contributed by atoms with Gasteiger partial charge in [-0.15, -0.1) is 0 Å².